The van der Waals surface area contributed by atoms with Crippen LogP contribution in [0.4, 0.5) is 0 Å². The molecule has 10 nitrogen and oxygen atoms in total. The van der Waals surface area contributed by atoms with Gasteiger partial charge in [0, 0.05) is 0 Å². The second kappa shape index (κ2) is 9.09. The monoisotopic (exact) mass is 448 g/mol. The average molecular weight is 449 g/mol. The van der Waals surface area contributed by atoms with Crippen LogP contribution >= 0.6 is 0 Å². The van der Waals surface area contributed by atoms with E-state index >= 15 is 0 Å². The van der Waals surface area contributed by atoms with Gasteiger partial charge in [-0.3, -0.25) is 0 Å². The molecule has 5 rings (SSSR count). The number of rotatable bonds is 6. The quantitative estimate of drug-likeness (QED) is 0.278. The van der Waals surface area contributed by atoms with Crippen molar-refractivity contribution in [1.82, 2.24) is 0 Å². The zero-order chi connectivity index (χ0) is 22.5. The molecule has 0 radical (unpaired) electrons. The number of aliphatic hydroxyl groups excluding tert-OH is 6. The summed E-state index contributed by atoms with van der Waals surface area (Å²) in [6.07, 6.45) is -8.46. The van der Waals surface area contributed by atoms with Crippen LogP contribution in [0.1, 0.15) is 33.1 Å². The molecule has 5 aliphatic rings. The topological polar surface area (TPSA) is 158 Å². The van der Waals surface area contributed by atoms with Crippen molar-refractivity contribution in [3.8, 4) is 0 Å². The van der Waals surface area contributed by atoms with Gasteiger partial charge < -0.3 is 49.6 Å². The van der Waals surface area contributed by atoms with E-state index in [2.05, 4.69) is 13.8 Å². The lowest BCUT2D eigenvalue weighted by molar-refractivity contribution is -0.324. The third-order valence-corrected chi connectivity index (χ3v) is 8.02. The number of ether oxygens (including phenoxy) is 4. The predicted octanol–water partition coefficient (Wildman–Crippen LogP) is -1.66. The lowest BCUT2D eigenvalue weighted by Crippen LogP contribution is -2.61. The summed E-state index contributed by atoms with van der Waals surface area (Å²) in [6, 6.07) is 0. The molecule has 5 fully saturated rings. The van der Waals surface area contributed by atoms with Gasteiger partial charge in [-0.05, 0) is 42.4 Å². The van der Waals surface area contributed by atoms with E-state index < -0.39 is 55.3 Å². The van der Waals surface area contributed by atoms with Crippen LogP contribution in [0.5, 0.6) is 0 Å². The van der Waals surface area contributed by atoms with Crippen molar-refractivity contribution in [3.63, 3.8) is 0 Å². The summed E-state index contributed by atoms with van der Waals surface area (Å²) in [7, 11) is 0. The number of hydrogen-bond donors (Lipinski definition) is 6. The molecule has 0 spiro atoms. The molecule has 0 aromatic rings. The van der Waals surface area contributed by atoms with Crippen molar-refractivity contribution in [2.45, 2.75) is 88.4 Å². The van der Waals surface area contributed by atoms with Crippen LogP contribution in [0.3, 0.4) is 0 Å². The highest BCUT2D eigenvalue weighted by Crippen LogP contribution is 2.61. The third-order valence-electron chi connectivity index (χ3n) is 8.02. The maximum Gasteiger partial charge on any atom is 0.186 e. The van der Waals surface area contributed by atoms with Crippen molar-refractivity contribution < 1.29 is 49.6 Å². The van der Waals surface area contributed by atoms with Crippen LogP contribution in [0.2, 0.25) is 0 Å². The zero-order valence-electron chi connectivity index (χ0n) is 18.0. The van der Waals surface area contributed by atoms with Gasteiger partial charge in [0.1, 0.15) is 42.7 Å². The van der Waals surface area contributed by atoms with Gasteiger partial charge in [0.05, 0.1) is 19.8 Å². The first-order valence-electron chi connectivity index (χ1n) is 11.2. The van der Waals surface area contributed by atoms with E-state index in [1.807, 2.05) is 0 Å². The summed E-state index contributed by atoms with van der Waals surface area (Å²) in [4.78, 5) is 0. The average Bonchev–Trinajstić information content (AvgIpc) is 2.75. The Bertz CT molecular complexity index is 615. The summed E-state index contributed by atoms with van der Waals surface area (Å²) in [5, 5.41) is 60.1. The Morgan fingerprint density at radius 1 is 0.806 bits per heavy atom. The van der Waals surface area contributed by atoms with Crippen LogP contribution in [0.15, 0.2) is 0 Å². The molecule has 6 N–H and O–H groups in total. The largest absolute Gasteiger partial charge is 0.388 e. The summed E-state index contributed by atoms with van der Waals surface area (Å²) < 4.78 is 22.2. The molecule has 31 heavy (non-hydrogen) atoms. The van der Waals surface area contributed by atoms with Crippen LogP contribution in [-0.4, -0.2) is 106 Å². The Morgan fingerprint density at radius 2 is 1.48 bits per heavy atom. The summed E-state index contributed by atoms with van der Waals surface area (Å²) >= 11 is 0. The molecule has 0 aromatic heterocycles. The molecule has 0 amide bonds. The third kappa shape index (κ3) is 4.40. The second-order valence-corrected chi connectivity index (χ2v) is 10.1. The van der Waals surface area contributed by atoms with Gasteiger partial charge >= 0.3 is 0 Å². The summed E-state index contributed by atoms with van der Waals surface area (Å²) in [5.74, 6) is 1.68. The Hall–Kier alpha value is -0.400. The van der Waals surface area contributed by atoms with Crippen LogP contribution in [0.25, 0.3) is 0 Å². The molecular weight excluding hydrogens is 412 g/mol. The fraction of sp³-hybridized carbons (Fsp3) is 1.00. The van der Waals surface area contributed by atoms with E-state index in [9.17, 15) is 30.6 Å². The fourth-order valence-corrected chi connectivity index (χ4v) is 5.69. The molecule has 180 valence electrons. The second-order valence-electron chi connectivity index (χ2n) is 10.1. The molecule has 2 bridgehead atoms. The molecule has 2 aliphatic heterocycles. The minimum Gasteiger partial charge on any atom is -0.388 e. The summed E-state index contributed by atoms with van der Waals surface area (Å²) in [5.41, 5.74) is 0.295. The van der Waals surface area contributed by atoms with Gasteiger partial charge in [-0.1, -0.05) is 13.8 Å². The minimum absolute atomic E-state index is 0.218. The Balaban J connectivity index is 1.31. The molecule has 2 saturated heterocycles. The Morgan fingerprint density at radius 3 is 2.16 bits per heavy atom. The zero-order valence-corrected chi connectivity index (χ0v) is 18.0. The molecule has 2 heterocycles. The highest BCUT2D eigenvalue weighted by atomic mass is 16.7. The van der Waals surface area contributed by atoms with Crippen molar-refractivity contribution in [2.24, 2.45) is 23.2 Å². The van der Waals surface area contributed by atoms with Gasteiger partial charge in [0.25, 0.3) is 0 Å². The van der Waals surface area contributed by atoms with Crippen LogP contribution in [0, 0.1) is 23.2 Å². The smallest absolute Gasteiger partial charge is 0.186 e. The fourth-order valence-electron chi connectivity index (χ4n) is 5.69. The molecule has 0 aromatic carbocycles. The van der Waals surface area contributed by atoms with E-state index in [0.717, 1.165) is 18.8 Å². The molecule has 12 unspecified atom stereocenters. The van der Waals surface area contributed by atoms with Crippen molar-refractivity contribution >= 4 is 0 Å². The van der Waals surface area contributed by atoms with Gasteiger partial charge in [-0.15, -0.1) is 0 Å². The number of hydrogen-bond acceptors (Lipinski definition) is 10. The maximum atomic E-state index is 10.3. The lowest BCUT2D eigenvalue weighted by atomic mass is 9.46. The maximum absolute atomic E-state index is 10.3. The standard InChI is InChI=1S/C21H36O10/c1-21(2)10-4-3-9(11(21)5-10)6-28-20-18(27)16(25)15(24)13(31-20)8-30-19-17(26)14(23)12(22)7-29-19/h9-20,22-27H,3-8H2,1-2H3. The Kier molecular flexibility index (Phi) is 6.97. The first-order valence-corrected chi connectivity index (χ1v) is 11.2. The highest BCUT2D eigenvalue weighted by Gasteiger charge is 2.54. The first-order chi connectivity index (χ1) is 14.6. The van der Waals surface area contributed by atoms with Crippen molar-refractivity contribution in [2.75, 3.05) is 19.8 Å². The molecule has 3 aliphatic carbocycles. The molecule has 3 saturated carbocycles. The molecule has 10 heteroatoms. The van der Waals surface area contributed by atoms with Crippen LogP contribution < -0.4 is 0 Å². The van der Waals surface area contributed by atoms with E-state index in [0.29, 0.717) is 23.9 Å². The van der Waals surface area contributed by atoms with E-state index in [4.69, 9.17) is 18.9 Å². The first kappa shape index (κ1) is 23.7. The van der Waals surface area contributed by atoms with E-state index in [-0.39, 0.29) is 13.2 Å². The van der Waals surface area contributed by atoms with Crippen molar-refractivity contribution in [3.05, 3.63) is 0 Å². The van der Waals surface area contributed by atoms with Crippen molar-refractivity contribution in [1.29, 1.82) is 0 Å². The van der Waals surface area contributed by atoms with E-state index in [1.54, 1.807) is 0 Å². The van der Waals surface area contributed by atoms with E-state index in [1.165, 1.54) is 6.42 Å². The summed E-state index contributed by atoms with van der Waals surface area (Å²) in [6.45, 7) is 4.47. The number of aliphatic hydroxyl groups is 6. The lowest BCUT2D eigenvalue weighted by Gasteiger charge is -2.60. The van der Waals surface area contributed by atoms with Crippen LogP contribution in [-0.2, 0) is 18.9 Å². The van der Waals surface area contributed by atoms with Gasteiger partial charge in [-0.2, -0.15) is 0 Å². The normalized spacial score (nSPS) is 51.9. The Labute approximate surface area is 181 Å². The molecule has 12 atom stereocenters. The van der Waals surface area contributed by atoms with Gasteiger partial charge in [0.2, 0.25) is 0 Å². The van der Waals surface area contributed by atoms with Gasteiger partial charge in [0.15, 0.2) is 12.6 Å². The number of fused-ring (bicyclic) bond motifs is 2. The molecular formula is C21H36O10. The predicted molar refractivity (Wildman–Crippen MR) is 104 cm³/mol. The van der Waals surface area contributed by atoms with Gasteiger partial charge in [-0.25, -0.2) is 0 Å². The SMILES string of the molecule is CC1(C)C2CCC(COC3OC(COC4OCC(O)C(O)C4O)C(O)C(O)C3O)C1C2. The minimum atomic E-state index is -1.49. The highest BCUT2D eigenvalue weighted by molar-refractivity contribution is 5.03.